The van der Waals surface area contributed by atoms with Crippen molar-refractivity contribution in [2.24, 2.45) is 0 Å². The van der Waals surface area contributed by atoms with E-state index < -0.39 is 231 Å². The zero-order valence-corrected chi connectivity index (χ0v) is 26.1. The summed E-state index contributed by atoms with van der Waals surface area (Å²) >= 11 is 0.587. The number of hydrogen-bond donors (Lipinski definition) is 0. The molecule has 2 aromatic heterocycles. The van der Waals surface area contributed by atoms with Crippen molar-refractivity contribution in [1.29, 1.82) is 0 Å². The molecule has 0 unspecified atom stereocenters. The summed E-state index contributed by atoms with van der Waals surface area (Å²) in [6.45, 7) is 1.32. The van der Waals surface area contributed by atoms with Crippen molar-refractivity contribution in [2.45, 2.75) is 6.92 Å². The van der Waals surface area contributed by atoms with Crippen LogP contribution in [0.4, 0.5) is 0 Å². The monoisotopic (exact) mass is 684 g/mol. The van der Waals surface area contributed by atoms with Crippen LogP contribution < -0.4 is 0 Å². The van der Waals surface area contributed by atoms with Crippen molar-refractivity contribution in [3.05, 3.63) is 175 Å². The van der Waals surface area contributed by atoms with Gasteiger partial charge < -0.3 is 0 Å². The van der Waals surface area contributed by atoms with Crippen LogP contribution in [-0.2, 0) is 0 Å². The molecule has 2 heterocycles. The van der Waals surface area contributed by atoms with Crippen molar-refractivity contribution in [1.82, 2.24) is 15.0 Å². The van der Waals surface area contributed by atoms with Gasteiger partial charge in [-0.25, -0.2) is 15.0 Å². The van der Waals surface area contributed by atoms with Crippen LogP contribution in [0, 0.1) is 6.92 Å². The Bertz CT molecular complexity index is 4010. The van der Waals surface area contributed by atoms with Crippen LogP contribution in [0.25, 0.3) is 87.7 Å². The molecule has 0 atom stereocenters. The average molecular weight is 685 g/mol. The number of rotatable bonds is 6. The normalized spacial score (nSPS) is 18.9. The van der Waals surface area contributed by atoms with Crippen LogP contribution in [0.3, 0.4) is 0 Å². The van der Waals surface area contributed by atoms with Crippen molar-refractivity contribution in [3.8, 4) is 67.5 Å². The fraction of sp³-hybridized carbons (Fsp3) is 0.0217. The van der Waals surface area contributed by atoms with E-state index in [0.717, 1.165) is 6.07 Å². The second kappa shape index (κ2) is 12.7. The number of hydrogen-bond acceptors (Lipinski definition) is 4. The first kappa shape index (κ1) is 12.9. The van der Waals surface area contributed by atoms with E-state index in [-0.39, 0.29) is 25.7 Å². The molecule has 0 aliphatic carbocycles. The first-order valence-electron chi connectivity index (χ1n) is 28.1. The molecule has 0 amide bonds. The molecule has 50 heavy (non-hydrogen) atoms. The highest BCUT2D eigenvalue weighted by molar-refractivity contribution is 7.26. The molecule has 0 fully saturated rings. The Labute approximate surface area is 333 Å². The van der Waals surface area contributed by atoms with Crippen LogP contribution in [0.1, 0.15) is 42.6 Å². The molecule has 0 bridgehead atoms. The SMILES string of the molecule is [2H]c1c(-c2nc(-c3c([2H])c([2H])c([2H])c([2H])c3[2H])nc(-c3c([2H])c([2H])c([2H])c(C)c3[2H])n2)cc(-c2c([2H])c([2H])c([2H])c3c2sc2c(-c4c([2H])c([2H])c(-c5c([2H])c([2H])c([2H])c([2H])c5[2H])c([2H])c4[2H])c([2H])c([2H])c([2H])c23)c([2H])c1[2H]. The second-order valence-corrected chi connectivity index (χ2v) is 11.4. The quantitative estimate of drug-likeness (QED) is 0.175. The summed E-state index contributed by atoms with van der Waals surface area (Å²) in [5.41, 5.74) is -5.03. The summed E-state index contributed by atoms with van der Waals surface area (Å²) in [6, 6.07) is -20.3. The third kappa shape index (κ3) is 5.56. The predicted molar refractivity (Wildman–Crippen MR) is 210 cm³/mol. The summed E-state index contributed by atoms with van der Waals surface area (Å²) in [4.78, 5) is 13.1. The van der Waals surface area contributed by atoms with E-state index in [1.165, 1.54) is 6.92 Å². The van der Waals surface area contributed by atoms with E-state index in [1.807, 2.05) is 0 Å². The van der Waals surface area contributed by atoms with Gasteiger partial charge in [-0.1, -0.05) is 163 Å². The fourth-order valence-electron chi connectivity index (χ4n) is 5.02. The van der Waals surface area contributed by atoms with Gasteiger partial charge in [0, 0.05) is 36.9 Å². The van der Waals surface area contributed by atoms with E-state index in [9.17, 15) is 5.48 Å². The molecule has 7 aromatic carbocycles. The molecule has 9 aromatic rings. The summed E-state index contributed by atoms with van der Waals surface area (Å²) in [5, 5.41) is -0.668. The van der Waals surface area contributed by atoms with Gasteiger partial charge in [0.25, 0.3) is 0 Å². The Morgan fingerprint density at radius 3 is 1.54 bits per heavy atom. The molecule has 0 radical (unpaired) electrons. The Morgan fingerprint density at radius 1 is 0.400 bits per heavy atom. The first-order valence-corrected chi connectivity index (χ1v) is 15.4. The minimum atomic E-state index is -0.916. The number of thiophene rings is 1. The van der Waals surface area contributed by atoms with Gasteiger partial charge in [0.05, 0.1) is 37.0 Å². The number of benzene rings is 7. The largest absolute Gasteiger partial charge is 0.208 e. The lowest BCUT2D eigenvalue weighted by Gasteiger charge is -2.10. The lowest BCUT2D eigenvalue weighted by Crippen LogP contribution is -2.00. The van der Waals surface area contributed by atoms with Gasteiger partial charge in [0.15, 0.2) is 17.5 Å². The molecule has 0 N–H and O–H groups in total. The molecule has 0 saturated carbocycles. The summed E-state index contributed by atoms with van der Waals surface area (Å²) in [6.07, 6.45) is 0. The molecule has 9 rings (SSSR count). The van der Waals surface area contributed by atoms with Gasteiger partial charge in [-0.05, 0) is 52.4 Å². The predicted octanol–water partition coefficient (Wildman–Crippen LogP) is 12.5. The van der Waals surface area contributed by atoms with E-state index in [2.05, 4.69) is 15.0 Å². The number of nitrogens with zero attached hydrogens (tertiary/aromatic N) is 3. The number of fused-ring (bicyclic) bond motifs is 3. The number of aromatic nitrogens is 3. The standard InChI is InChI=1S/C46H31N3S/c1-30-12-8-18-36(28-30)45-47-44(34-15-6-3-7-16-34)48-46(49-45)37-19-9-17-35(29-37)39-21-11-23-41-40-22-10-20-38(42(40)50-43(39)41)33-26-24-32(25-27-33)31-13-4-2-5-14-31/h2-29H,1H3/i2D,3D,4D,5D,6D,7D,8D,9D,10D,11D,12D,13D,14D,15D,16D,17D,18D,19D,20D,21D,22D,23D,24D,25D,26D,27D,28D. The summed E-state index contributed by atoms with van der Waals surface area (Å²) < 4.78 is 236. The second-order valence-electron chi connectivity index (χ2n) is 10.4. The molecule has 0 spiro atoms. The molecular formula is C46H31N3S. The zero-order chi connectivity index (χ0) is 56.9. The highest BCUT2D eigenvalue weighted by Gasteiger charge is 2.16. The molecule has 236 valence electrons. The van der Waals surface area contributed by atoms with E-state index in [0.29, 0.717) is 11.3 Å². The fourth-order valence-corrected chi connectivity index (χ4v) is 6.25. The molecule has 0 aliphatic rings. The minimum absolute atomic E-state index is 0.0974. The van der Waals surface area contributed by atoms with Gasteiger partial charge in [0.2, 0.25) is 0 Å². The smallest absolute Gasteiger partial charge is 0.164 e. The van der Waals surface area contributed by atoms with Crippen LogP contribution in [0.5, 0.6) is 0 Å². The van der Waals surface area contributed by atoms with Crippen molar-refractivity contribution < 1.29 is 37.0 Å². The highest BCUT2D eigenvalue weighted by Crippen LogP contribution is 2.44. The van der Waals surface area contributed by atoms with Gasteiger partial charge in [-0.2, -0.15) is 0 Å². The van der Waals surface area contributed by atoms with E-state index in [4.69, 9.17) is 31.5 Å². The van der Waals surface area contributed by atoms with Gasteiger partial charge in [0.1, 0.15) is 0 Å². The molecule has 3 nitrogen and oxygen atoms in total. The molecule has 4 heteroatoms. The molecular weight excluding hydrogens is 627 g/mol. The van der Waals surface area contributed by atoms with Crippen molar-refractivity contribution in [3.63, 3.8) is 0 Å². The van der Waals surface area contributed by atoms with Gasteiger partial charge in [-0.3, -0.25) is 0 Å². The average Bonchev–Trinajstić information content (AvgIpc) is 3.81. The maximum atomic E-state index is 9.29. The lowest BCUT2D eigenvalue weighted by molar-refractivity contribution is 1.07. The summed E-state index contributed by atoms with van der Waals surface area (Å²) in [5.74, 6) is -1.93. The minimum Gasteiger partial charge on any atom is -0.208 e. The topological polar surface area (TPSA) is 38.7 Å². The summed E-state index contributed by atoms with van der Waals surface area (Å²) in [7, 11) is 0. The third-order valence-electron chi connectivity index (χ3n) is 7.26. The Balaban J connectivity index is 1.39. The van der Waals surface area contributed by atoms with Crippen LogP contribution in [-0.4, -0.2) is 15.0 Å². The Kier molecular flexibility index (Phi) is 3.27. The Morgan fingerprint density at radius 2 is 0.860 bits per heavy atom. The van der Waals surface area contributed by atoms with Crippen LogP contribution in [0.15, 0.2) is 169 Å². The maximum absolute atomic E-state index is 9.29. The Hall–Kier alpha value is -6.23. The highest BCUT2D eigenvalue weighted by atomic mass is 32.1. The van der Waals surface area contributed by atoms with Crippen LogP contribution >= 0.6 is 11.3 Å². The van der Waals surface area contributed by atoms with Gasteiger partial charge in [-0.15, -0.1) is 11.3 Å². The first-order chi connectivity index (χ1) is 35.9. The van der Waals surface area contributed by atoms with Crippen molar-refractivity contribution in [2.75, 3.05) is 0 Å². The van der Waals surface area contributed by atoms with E-state index >= 15 is 0 Å². The van der Waals surface area contributed by atoms with E-state index in [1.54, 1.807) is 0 Å². The third-order valence-corrected chi connectivity index (χ3v) is 8.49. The lowest BCUT2D eigenvalue weighted by atomic mass is 9.98. The van der Waals surface area contributed by atoms with Crippen molar-refractivity contribution >= 4 is 31.5 Å². The van der Waals surface area contributed by atoms with Crippen LogP contribution in [0.2, 0.25) is 0 Å². The maximum Gasteiger partial charge on any atom is 0.164 e. The molecule has 0 aliphatic heterocycles. The molecule has 0 saturated heterocycles. The zero-order valence-electron chi connectivity index (χ0n) is 52.3. The van der Waals surface area contributed by atoms with Gasteiger partial charge >= 0.3 is 0 Å².